The van der Waals surface area contributed by atoms with Crippen LogP contribution >= 0.6 is 27.7 Å². The lowest BCUT2D eigenvalue weighted by atomic mass is 10.2. The Morgan fingerprint density at radius 2 is 2.09 bits per heavy atom. The molecular weight excluding hydrogens is 378 g/mol. The van der Waals surface area contributed by atoms with Crippen molar-refractivity contribution in [2.45, 2.75) is 18.8 Å². The van der Waals surface area contributed by atoms with Crippen molar-refractivity contribution in [2.75, 3.05) is 12.3 Å². The van der Waals surface area contributed by atoms with Crippen LogP contribution in [0, 0.1) is 0 Å². The van der Waals surface area contributed by atoms with E-state index in [1.54, 1.807) is 16.4 Å². The van der Waals surface area contributed by atoms with E-state index < -0.39 is 0 Å². The topological polar surface area (TPSA) is 72.2 Å². The second kappa shape index (κ2) is 6.09. The van der Waals surface area contributed by atoms with Crippen LogP contribution in [0.5, 0.6) is 0 Å². The number of carbonyl (C=O) groups excluding carboxylic acids is 1. The highest BCUT2D eigenvalue weighted by Crippen LogP contribution is 2.42. The highest BCUT2D eigenvalue weighted by molar-refractivity contribution is 9.10. The Morgan fingerprint density at radius 1 is 1.30 bits per heavy atom. The third kappa shape index (κ3) is 3.05. The molecule has 1 amide bonds. The van der Waals surface area contributed by atoms with E-state index >= 15 is 0 Å². The maximum Gasteiger partial charge on any atom is 0.279 e. The van der Waals surface area contributed by atoms with Gasteiger partial charge in [0.2, 0.25) is 0 Å². The van der Waals surface area contributed by atoms with Gasteiger partial charge in [-0.15, -0.1) is 5.10 Å². The minimum atomic E-state index is -0.219. The normalized spacial score (nSPS) is 17.2. The Balaban J connectivity index is 1.67. The molecule has 0 unspecified atom stereocenters. The third-order valence-electron chi connectivity index (χ3n) is 3.76. The molecule has 1 aliphatic carbocycles. The van der Waals surface area contributed by atoms with E-state index in [4.69, 9.17) is 0 Å². The number of hydrogen-bond acceptors (Lipinski definition) is 5. The van der Waals surface area contributed by atoms with E-state index in [1.165, 1.54) is 0 Å². The molecule has 2 aliphatic rings. The van der Waals surface area contributed by atoms with Crippen LogP contribution in [0.3, 0.4) is 0 Å². The van der Waals surface area contributed by atoms with Crippen LogP contribution in [0.15, 0.2) is 33.7 Å². The van der Waals surface area contributed by atoms with E-state index in [0.717, 1.165) is 41.0 Å². The van der Waals surface area contributed by atoms with E-state index in [0.29, 0.717) is 16.8 Å². The van der Waals surface area contributed by atoms with Crippen LogP contribution in [0.25, 0.3) is 5.69 Å². The molecule has 2 aromatic rings. The first kappa shape index (κ1) is 14.9. The van der Waals surface area contributed by atoms with Crippen molar-refractivity contribution in [3.63, 3.8) is 0 Å². The minimum absolute atomic E-state index is 0.219. The Bertz CT molecular complexity index is 782. The molecule has 1 saturated carbocycles. The number of thioether (sulfide) groups is 1. The van der Waals surface area contributed by atoms with Crippen molar-refractivity contribution in [1.82, 2.24) is 20.3 Å². The molecule has 4 rings (SSSR count). The number of rotatable bonds is 3. The zero-order valence-electron chi connectivity index (χ0n) is 12.2. The van der Waals surface area contributed by atoms with Crippen molar-refractivity contribution in [3.05, 3.63) is 40.1 Å². The van der Waals surface area contributed by atoms with E-state index in [1.807, 2.05) is 24.3 Å². The van der Waals surface area contributed by atoms with E-state index in [-0.39, 0.29) is 5.91 Å². The van der Waals surface area contributed by atoms with Gasteiger partial charge in [-0.05, 0) is 37.1 Å². The van der Waals surface area contributed by atoms with Gasteiger partial charge in [-0.25, -0.2) is 4.68 Å². The van der Waals surface area contributed by atoms with Crippen LogP contribution in [0.4, 0.5) is 0 Å². The van der Waals surface area contributed by atoms with Gasteiger partial charge in [-0.2, -0.15) is 0 Å². The SMILES string of the molecule is O=C(NC1=NCCS1)c1nnn(-c2ccc(Br)cc2)c1C1CC1. The van der Waals surface area contributed by atoms with Crippen molar-refractivity contribution in [2.24, 2.45) is 4.99 Å². The molecule has 1 aromatic carbocycles. The summed E-state index contributed by atoms with van der Waals surface area (Å²) >= 11 is 4.99. The maximum absolute atomic E-state index is 12.5. The van der Waals surface area contributed by atoms with Gasteiger partial charge in [0, 0.05) is 16.1 Å². The third-order valence-corrected chi connectivity index (χ3v) is 5.18. The summed E-state index contributed by atoms with van der Waals surface area (Å²) in [4.78, 5) is 16.8. The van der Waals surface area contributed by atoms with Crippen LogP contribution in [-0.4, -0.2) is 38.4 Å². The number of aliphatic imine (C=N–C) groups is 1. The monoisotopic (exact) mass is 391 g/mol. The molecule has 2 heterocycles. The zero-order valence-corrected chi connectivity index (χ0v) is 14.6. The quantitative estimate of drug-likeness (QED) is 0.872. The number of nitrogens with one attached hydrogen (secondary N) is 1. The minimum Gasteiger partial charge on any atom is -0.300 e. The van der Waals surface area contributed by atoms with Crippen LogP contribution in [-0.2, 0) is 0 Å². The highest BCUT2D eigenvalue weighted by atomic mass is 79.9. The Morgan fingerprint density at radius 3 is 2.74 bits per heavy atom. The molecule has 1 aromatic heterocycles. The predicted molar refractivity (Wildman–Crippen MR) is 93.3 cm³/mol. The zero-order chi connectivity index (χ0) is 15.8. The molecule has 118 valence electrons. The summed E-state index contributed by atoms with van der Waals surface area (Å²) in [5.41, 5.74) is 2.22. The molecule has 0 radical (unpaired) electrons. The van der Waals surface area contributed by atoms with E-state index in [2.05, 4.69) is 36.6 Å². The number of halogens is 1. The summed E-state index contributed by atoms with van der Waals surface area (Å²) in [5.74, 6) is 1.05. The second-order valence-electron chi connectivity index (χ2n) is 5.48. The Labute approximate surface area is 145 Å². The highest BCUT2D eigenvalue weighted by Gasteiger charge is 2.34. The van der Waals surface area contributed by atoms with Gasteiger partial charge in [-0.1, -0.05) is 32.9 Å². The molecular formula is C15H14BrN5OS. The lowest BCUT2D eigenvalue weighted by molar-refractivity contribution is 0.0972. The van der Waals surface area contributed by atoms with Crippen molar-refractivity contribution in [3.8, 4) is 5.69 Å². The largest absolute Gasteiger partial charge is 0.300 e. The Hall–Kier alpha value is -1.67. The van der Waals surface area contributed by atoms with Crippen molar-refractivity contribution < 1.29 is 4.79 Å². The number of carbonyl (C=O) groups is 1. The molecule has 0 atom stereocenters. The first-order valence-corrected chi connectivity index (χ1v) is 9.20. The van der Waals surface area contributed by atoms with Crippen LogP contribution < -0.4 is 5.32 Å². The number of nitrogens with zero attached hydrogens (tertiary/aromatic N) is 4. The predicted octanol–water partition coefficient (Wildman–Crippen LogP) is 2.74. The fourth-order valence-corrected chi connectivity index (χ4v) is 3.50. The van der Waals surface area contributed by atoms with Crippen LogP contribution in [0.2, 0.25) is 0 Å². The molecule has 6 nitrogen and oxygen atoms in total. The summed E-state index contributed by atoms with van der Waals surface area (Å²) in [6, 6.07) is 7.83. The number of aromatic nitrogens is 3. The Kier molecular flexibility index (Phi) is 3.94. The molecule has 0 spiro atoms. The fraction of sp³-hybridized carbons (Fsp3) is 0.333. The van der Waals surface area contributed by atoms with Gasteiger partial charge >= 0.3 is 0 Å². The average molecular weight is 392 g/mol. The summed E-state index contributed by atoms with van der Waals surface area (Å²) in [6.07, 6.45) is 2.14. The van der Waals surface area contributed by atoms with Crippen molar-refractivity contribution in [1.29, 1.82) is 0 Å². The molecule has 0 bridgehead atoms. The molecule has 1 N–H and O–H groups in total. The van der Waals surface area contributed by atoms with Crippen LogP contribution in [0.1, 0.15) is 34.9 Å². The van der Waals surface area contributed by atoms with Gasteiger partial charge in [0.15, 0.2) is 10.9 Å². The molecule has 23 heavy (non-hydrogen) atoms. The lowest BCUT2D eigenvalue weighted by Gasteiger charge is -2.07. The summed E-state index contributed by atoms with van der Waals surface area (Å²) in [6.45, 7) is 0.751. The summed E-state index contributed by atoms with van der Waals surface area (Å²) in [5, 5.41) is 11.9. The summed E-state index contributed by atoms with van der Waals surface area (Å²) < 4.78 is 2.78. The molecule has 1 aliphatic heterocycles. The number of hydrogen-bond donors (Lipinski definition) is 1. The summed E-state index contributed by atoms with van der Waals surface area (Å²) in [7, 11) is 0. The smallest absolute Gasteiger partial charge is 0.279 e. The molecule has 8 heteroatoms. The van der Waals surface area contributed by atoms with Gasteiger partial charge < -0.3 is 0 Å². The van der Waals surface area contributed by atoms with Gasteiger partial charge in [-0.3, -0.25) is 15.1 Å². The van der Waals surface area contributed by atoms with Gasteiger partial charge in [0.1, 0.15) is 0 Å². The van der Waals surface area contributed by atoms with E-state index in [9.17, 15) is 4.79 Å². The fourth-order valence-electron chi connectivity index (χ4n) is 2.51. The first-order valence-electron chi connectivity index (χ1n) is 7.42. The number of benzene rings is 1. The van der Waals surface area contributed by atoms with Gasteiger partial charge in [0.25, 0.3) is 5.91 Å². The maximum atomic E-state index is 12.5. The average Bonchev–Trinajstić information content (AvgIpc) is 3.08. The molecule has 0 saturated heterocycles. The first-order chi connectivity index (χ1) is 11.2. The standard InChI is InChI=1S/C15H14BrN5OS/c16-10-3-5-11(6-4-10)21-13(9-1-2-9)12(19-20-21)14(22)18-15-17-7-8-23-15/h3-6,9H,1-2,7-8H2,(H,17,18,22). The number of amidine groups is 1. The lowest BCUT2D eigenvalue weighted by Crippen LogP contribution is -2.28. The van der Waals surface area contributed by atoms with Crippen molar-refractivity contribution >= 4 is 38.8 Å². The molecule has 1 fully saturated rings. The second-order valence-corrected chi connectivity index (χ2v) is 7.47. The van der Waals surface area contributed by atoms with Gasteiger partial charge in [0.05, 0.1) is 17.9 Å². The number of amides is 1.